The van der Waals surface area contributed by atoms with Crippen LogP contribution in [0.15, 0.2) is 11.3 Å². The van der Waals surface area contributed by atoms with Crippen LogP contribution in [0.3, 0.4) is 0 Å². The highest BCUT2D eigenvalue weighted by atomic mass is 19.4. The minimum Gasteiger partial charge on any atom is -0.503 e. The lowest BCUT2D eigenvalue weighted by molar-refractivity contribution is -0.143. The highest BCUT2D eigenvalue weighted by Gasteiger charge is 2.37. The zero-order valence-corrected chi connectivity index (χ0v) is 12.1. The Morgan fingerprint density at radius 1 is 1.27 bits per heavy atom. The van der Waals surface area contributed by atoms with E-state index < -0.39 is 36.7 Å². The van der Waals surface area contributed by atoms with E-state index >= 15 is 0 Å². The van der Waals surface area contributed by atoms with Gasteiger partial charge in [0.25, 0.3) is 11.8 Å². The lowest BCUT2D eigenvalue weighted by atomic mass is 9.95. The molecule has 0 aromatic heterocycles. The molecular formula is C14H19F3N2O3. The fourth-order valence-electron chi connectivity index (χ4n) is 2.76. The van der Waals surface area contributed by atoms with Crippen LogP contribution in [0.4, 0.5) is 13.2 Å². The minimum absolute atomic E-state index is 0.000812. The van der Waals surface area contributed by atoms with Crippen molar-refractivity contribution in [1.29, 1.82) is 0 Å². The predicted molar refractivity (Wildman–Crippen MR) is 71.9 cm³/mol. The van der Waals surface area contributed by atoms with E-state index in [-0.39, 0.29) is 18.2 Å². The summed E-state index contributed by atoms with van der Waals surface area (Å²) in [5.74, 6) is -2.22. The number of rotatable bonds is 4. The zero-order chi connectivity index (χ0) is 16.3. The van der Waals surface area contributed by atoms with Gasteiger partial charge in [0.05, 0.1) is 18.5 Å². The normalized spacial score (nSPS) is 20.7. The zero-order valence-electron chi connectivity index (χ0n) is 12.1. The van der Waals surface area contributed by atoms with Crippen LogP contribution in [-0.2, 0) is 9.59 Å². The Kier molecular flexibility index (Phi) is 4.97. The van der Waals surface area contributed by atoms with Gasteiger partial charge in [-0.3, -0.25) is 9.59 Å². The first-order chi connectivity index (χ1) is 10.3. The molecular weight excluding hydrogens is 301 g/mol. The highest BCUT2D eigenvalue weighted by Crippen LogP contribution is 2.24. The summed E-state index contributed by atoms with van der Waals surface area (Å²) in [6.07, 6.45) is -0.743. The first-order valence-corrected chi connectivity index (χ1v) is 7.37. The van der Waals surface area contributed by atoms with Gasteiger partial charge >= 0.3 is 6.18 Å². The lowest BCUT2D eigenvalue weighted by Crippen LogP contribution is -2.38. The number of halogens is 3. The van der Waals surface area contributed by atoms with E-state index in [1.807, 2.05) is 0 Å². The standard InChI is InChI=1S/C14H19F3N2O3/c15-14(16,17)6-7-19-8-10(11(20)13(19)22)12(21)18-9-4-2-1-3-5-9/h9,20H,1-8H2,(H,18,21). The third-order valence-electron chi connectivity index (χ3n) is 4.00. The van der Waals surface area contributed by atoms with Crippen LogP contribution in [0.5, 0.6) is 0 Å². The summed E-state index contributed by atoms with van der Waals surface area (Å²) in [6, 6.07) is 0.000812. The van der Waals surface area contributed by atoms with Crippen LogP contribution >= 0.6 is 0 Å². The Balaban J connectivity index is 1.93. The Hall–Kier alpha value is -1.73. The number of hydrogen-bond donors (Lipinski definition) is 2. The molecule has 0 aromatic carbocycles. The third-order valence-corrected chi connectivity index (χ3v) is 4.00. The van der Waals surface area contributed by atoms with Crippen molar-refractivity contribution in [3.63, 3.8) is 0 Å². The molecule has 0 saturated heterocycles. The summed E-state index contributed by atoms with van der Waals surface area (Å²) in [4.78, 5) is 24.6. The van der Waals surface area contributed by atoms with E-state index in [0.29, 0.717) is 0 Å². The second kappa shape index (κ2) is 6.58. The summed E-state index contributed by atoms with van der Waals surface area (Å²) < 4.78 is 36.6. The SMILES string of the molecule is O=C(NC1CCCCC1)C1=C(O)C(=O)N(CCC(F)(F)F)C1. The highest BCUT2D eigenvalue weighted by molar-refractivity contribution is 6.07. The minimum atomic E-state index is -4.39. The molecule has 2 N–H and O–H groups in total. The summed E-state index contributed by atoms with van der Waals surface area (Å²) in [7, 11) is 0. The van der Waals surface area contributed by atoms with Gasteiger partial charge in [0.2, 0.25) is 0 Å². The maximum Gasteiger partial charge on any atom is 0.390 e. The maximum atomic E-state index is 12.2. The summed E-state index contributed by atoms with van der Waals surface area (Å²) in [5.41, 5.74) is -0.141. The number of carbonyl (C=O) groups excluding carboxylic acids is 2. The fourth-order valence-corrected chi connectivity index (χ4v) is 2.76. The van der Waals surface area contributed by atoms with Gasteiger partial charge in [-0.1, -0.05) is 19.3 Å². The smallest absolute Gasteiger partial charge is 0.390 e. The Morgan fingerprint density at radius 2 is 1.91 bits per heavy atom. The van der Waals surface area contributed by atoms with Gasteiger partial charge in [0.15, 0.2) is 5.76 Å². The number of carbonyl (C=O) groups is 2. The first-order valence-electron chi connectivity index (χ1n) is 7.37. The quantitative estimate of drug-likeness (QED) is 0.833. The van der Waals surface area contributed by atoms with Gasteiger partial charge in [-0.25, -0.2) is 0 Å². The van der Waals surface area contributed by atoms with Crippen LogP contribution in [0.2, 0.25) is 0 Å². The van der Waals surface area contributed by atoms with E-state index in [4.69, 9.17) is 0 Å². The largest absolute Gasteiger partial charge is 0.503 e. The van der Waals surface area contributed by atoms with E-state index in [0.717, 1.165) is 37.0 Å². The molecule has 0 aromatic rings. The number of aliphatic hydroxyl groups is 1. The van der Waals surface area contributed by atoms with Gasteiger partial charge in [0.1, 0.15) is 0 Å². The van der Waals surface area contributed by atoms with Crippen molar-refractivity contribution in [2.24, 2.45) is 0 Å². The van der Waals surface area contributed by atoms with Crippen molar-refractivity contribution in [3.05, 3.63) is 11.3 Å². The number of amides is 2. The van der Waals surface area contributed by atoms with E-state index in [1.165, 1.54) is 0 Å². The van der Waals surface area contributed by atoms with Gasteiger partial charge < -0.3 is 15.3 Å². The molecule has 0 unspecified atom stereocenters. The van der Waals surface area contributed by atoms with Crippen molar-refractivity contribution in [2.45, 2.75) is 50.7 Å². The van der Waals surface area contributed by atoms with E-state index in [1.54, 1.807) is 0 Å². The summed E-state index contributed by atoms with van der Waals surface area (Å²) in [5, 5.41) is 12.5. The second-order valence-corrected chi connectivity index (χ2v) is 5.73. The van der Waals surface area contributed by atoms with Gasteiger partial charge in [-0.2, -0.15) is 13.2 Å². The molecule has 5 nitrogen and oxygen atoms in total. The molecule has 1 heterocycles. The second-order valence-electron chi connectivity index (χ2n) is 5.73. The van der Waals surface area contributed by atoms with Crippen molar-refractivity contribution in [3.8, 4) is 0 Å². The lowest BCUT2D eigenvalue weighted by Gasteiger charge is -2.23. The molecule has 1 fully saturated rings. The first kappa shape index (κ1) is 16.6. The van der Waals surface area contributed by atoms with Crippen LogP contribution in [0.25, 0.3) is 0 Å². The average molecular weight is 320 g/mol. The van der Waals surface area contributed by atoms with Crippen LogP contribution in [-0.4, -0.2) is 47.1 Å². The molecule has 0 atom stereocenters. The van der Waals surface area contributed by atoms with Crippen molar-refractivity contribution >= 4 is 11.8 Å². The molecule has 0 bridgehead atoms. The molecule has 1 aliphatic heterocycles. The Bertz CT molecular complexity index is 482. The molecule has 2 rings (SSSR count). The van der Waals surface area contributed by atoms with Gasteiger partial charge in [0, 0.05) is 12.6 Å². The predicted octanol–water partition coefficient (Wildman–Crippen LogP) is 2.04. The maximum absolute atomic E-state index is 12.2. The number of nitrogens with one attached hydrogen (secondary N) is 1. The molecule has 22 heavy (non-hydrogen) atoms. The molecule has 1 aliphatic carbocycles. The average Bonchev–Trinajstić information content (AvgIpc) is 2.73. The molecule has 0 radical (unpaired) electrons. The number of nitrogens with zero attached hydrogens (tertiary/aromatic N) is 1. The van der Waals surface area contributed by atoms with Crippen LogP contribution in [0.1, 0.15) is 38.5 Å². The molecule has 2 amide bonds. The van der Waals surface area contributed by atoms with Gasteiger partial charge in [-0.15, -0.1) is 0 Å². The molecule has 2 aliphatic rings. The van der Waals surface area contributed by atoms with Crippen molar-refractivity contribution < 1.29 is 27.9 Å². The van der Waals surface area contributed by atoms with Crippen molar-refractivity contribution in [1.82, 2.24) is 10.2 Å². The number of aliphatic hydroxyl groups excluding tert-OH is 1. The number of hydrogen-bond acceptors (Lipinski definition) is 3. The fraction of sp³-hybridized carbons (Fsp3) is 0.714. The van der Waals surface area contributed by atoms with Crippen LogP contribution < -0.4 is 5.32 Å². The monoisotopic (exact) mass is 320 g/mol. The molecule has 1 saturated carbocycles. The molecule has 124 valence electrons. The van der Waals surface area contributed by atoms with Gasteiger partial charge in [-0.05, 0) is 12.8 Å². The van der Waals surface area contributed by atoms with Crippen molar-refractivity contribution in [2.75, 3.05) is 13.1 Å². The summed E-state index contributed by atoms with van der Waals surface area (Å²) in [6.45, 7) is -0.841. The summed E-state index contributed by atoms with van der Waals surface area (Å²) >= 11 is 0. The van der Waals surface area contributed by atoms with Crippen LogP contribution in [0, 0.1) is 0 Å². The Morgan fingerprint density at radius 3 is 2.50 bits per heavy atom. The third kappa shape index (κ3) is 4.14. The molecule has 8 heteroatoms. The van der Waals surface area contributed by atoms with E-state index in [2.05, 4.69) is 5.32 Å². The Labute approximate surface area is 126 Å². The molecule has 0 spiro atoms. The topological polar surface area (TPSA) is 69.6 Å². The van der Waals surface area contributed by atoms with E-state index in [9.17, 15) is 27.9 Å². The number of alkyl halides is 3.